The predicted molar refractivity (Wildman–Crippen MR) is 626 cm³/mol. The van der Waals surface area contributed by atoms with Crippen molar-refractivity contribution in [2.45, 2.75) is 0 Å². The summed E-state index contributed by atoms with van der Waals surface area (Å²) >= 11 is 5.77. The van der Waals surface area contributed by atoms with Crippen molar-refractivity contribution in [1.82, 2.24) is 13.7 Å². The second-order valence-corrected chi connectivity index (χ2v) is 41.2. The van der Waals surface area contributed by atoms with Crippen LogP contribution in [-0.2, 0) is 0 Å². The molecule has 26 aromatic carbocycles. The summed E-state index contributed by atoms with van der Waals surface area (Å²) < 4.78 is 15.6. The van der Waals surface area contributed by atoms with E-state index in [0.29, 0.717) is 0 Å². The smallest absolute Gasteiger partial charge is 0.0726 e. The molecule has 0 saturated carbocycles. The van der Waals surface area contributed by atoms with Crippen LogP contribution in [0.15, 0.2) is 504 Å². The first-order valence-corrected chi connectivity index (χ1v) is 52.0. The Hall–Kier alpha value is -17.9. The normalized spacial score (nSPS) is 12.0. The van der Waals surface area contributed by atoms with E-state index in [9.17, 15) is 0 Å². The molecule has 6 aromatic heterocycles. The molecule has 0 N–H and O–H groups in total. The van der Waals surface area contributed by atoms with Crippen LogP contribution in [0.3, 0.4) is 0 Å². The van der Waals surface area contributed by atoms with E-state index in [0.717, 1.165) is 0 Å². The number of thiophene rings is 3. The van der Waals surface area contributed by atoms with E-state index in [1.54, 1.807) is 0 Å². The SMILES string of the molecule is c1ccc(-c2cc(-c3ccccc3)cc(-n3c4ccccc4c4c5c6ccccc6c6ccccc6c5c5c6ccccc6sc5c43)c2)cc1.c1ccc(-c2ccc(-c3ccc(-n4c5ccccc5c5c6c7ccccc7c7ccccc7c6c6c7ccccc7sc6c54)cc3)cc2)cc1.c1ccc(-c2ccccc2-n2c3ccccc3c3c4c5ccccc5c5ccccc5c4c4c5ccccc5sc4c32)cc1. The van der Waals surface area contributed by atoms with Gasteiger partial charge in [-0.05, 0) is 188 Å². The second kappa shape index (κ2) is 32.9. The van der Waals surface area contributed by atoms with Gasteiger partial charge in [0, 0.05) is 128 Å². The summed E-state index contributed by atoms with van der Waals surface area (Å²) in [6.07, 6.45) is 0. The molecule has 6 heteroatoms. The molecule has 0 radical (unpaired) electrons. The average molecular weight is 1880 g/mol. The van der Waals surface area contributed by atoms with Crippen molar-refractivity contribution in [3.05, 3.63) is 504 Å². The van der Waals surface area contributed by atoms with Gasteiger partial charge in [-0.2, -0.15) is 0 Å². The first-order chi connectivity index (χ1) is 71.5. The fourth-order valence-electron chi connectivity index (χ4n) is 24.4. The highest BCUT2D eigenvalue weighted by atomic mass is 32.1. The molecular weight excluding hydrogens is 1800 g/mol. The number of benzene rings is 26. The Morgan fingerprint density at radius 2 is 0.361 bits per heavy atom. The van der Waals surface area contributed by atoms with Crippen molar-refractivity contribution in [1.29, 1.82) is 0 Å². The molecule has 0 atom stereocenters. The van der Waals surface area contributed by atoms with Gasteiger partial charge in [-0.1, -0.05) is 431 Å². The van der Waals surface area contributed by atoms with Crippen molar-refractivity contribution < 1.29 is 0 Å². The summed E-state index contributed by atoms with van der Waals surface area (Å²) in [5, 5.41) is 39.6. The minimum Gasteiger partial charge on any atom is -0.308 e. The van der Waals surface area contributed by atoms with E-state index >= 15 is 0 Å². The number of fused-ring (bicyclic) bond motifs is 45. The largest absolute Gasteiger partial charge is 0.308 e. The zero-order valence-electron chi connectivity index (χ0n) is 78.0. The van der Waals surface area contributed by atoms with E-state index in [1.165, 1.54) is 296 Å². The molecule has 144 heavy (non-hydrogen) atoms. The van der Waals surface area contributed by atoms with E-state index in [-0.39, 0.29) is 0 Å². The molecule has 0 aliphatic rings. The fraction of sp³-hybridized carbons (Fsp3) is 0. The Morgan fingerprint density at radius 1 is 0.132 bits per heavy atom. The molecule has 0 aliphatic carbocycles. The molecule has 6 heterocycles. The van der Waals surface area contributed by atoms with Crippen LogP contribution < -0.4 is 0 Å². The summed E-state index contributed by atoms with van der Waals surface area (Å²) in [5.41, 5.74) is 23.3. The maximum atomic E-state index is 2.56. The van der Waals surface area contributed by atoms with Gasteiger partial charge in [0.25, 0.3) is 0 Å². The van der Waals surface area contributed by atoms with Gasteiger partial charge in [0.2, 0.25) is 0 Å². The summed E-state index contributed by atoms with van der Waals surface area (Å²) in [6.45, 7) is 0. The third kappa shape index (κ3) is 12.4. The van der Waals surface area contributed by atoms with Gasteiger partial charge in [0.05, 0.1) is 52.9 Å². The van der Waals surface area contributed by atoms with E-state index in [2.05, 4.69) is 517 Å². The van der Waals surface area contributed by atoms with E-state index in [4.69, 9.17) is 0 Å². The van der Waals surface area contributed by atoms with Gasteiger partial charge in [-0.15, -0.1) is 34.0 Å². The number of aromatic nitrogens is 3. The molecule has 32 rings (SSSR count). The van der Waals surface area contributed by atoms with Crippen LogP contribution in [0, 0.1) is 0 Å². The molecule has 3 nitrogen and oxygen atoms in total. The van der Waals surface area contributed by atoms with Gasteiger partial charge >= 0.3 is 0 Å². The lowest BCUT2D eigenvalue weighted by molar-refractivity contribution is 1.19. The third-order valence-electron chi connectivity index (χ3n) is 30.4. The highest BCUT2D eigenvalue weighted by Gasteiger charge is 2.31. The van der Waals surface area contributed by atoms with Crippen LogP contribution in [0.2, 0.25) is 0 Å². The molecular formula is C138H83N3S3. The molecule has 0 spiro atoms. The molecule has 0 fully saturated rings. The Bertz CT molecular complexity index is 10900. The Kier molecular flexibility index (Phi) is 18.7. The number of hydrogen-bond donors (Lipinski definition) is 0. The van der Waals surface area contributed by atoms with Gasteiger partial charge in [-0.3, -0.25) is 0 Å². The van der Waals surface area contributed by atoms with Crippen LogP contribution in [-0.4, -0.2) is 13.7 Å². The summed E-state index contributed by atoms with van der Waals surface area (Å²) in [4.78, 5) is 0. The average Bonchev–Trinajstić information content (AvgIpc) is 1.50. The Labute approximate surface area is 840 Å². The number of nitrogens with zero attached hydrogens (tertiary/aromatic N) is 3. The van der Waals surface area contributed by atoms with Gasteiger partial charge in [-0.25, -0.2) is 0 Å². The Morgan fingerprint density at radius 3 is 0.701 bits per heavy atom. The first kappa shape index (κ1) is 82.1. The van der Waals surface area contributed by atoms with E-state index < -0.39 is 0 Å². The van der Waals surface area contributed by atoms with Crippen LogP contribution in [0.4, 0.5) is 0 Å². The number of rotatable bonds is 8. The highest BCUT2D eigenvalue weighted by molar-refractivity contribution is 7.28. The van der Waals surface area contributed by atoms with Crippen LogP contribution in [0.5, 0.6) is 0 Å². The molecule has 0 aliphatic heterocycles. The maximum Gasteiger partial charge on any atom is 0.0726 e. The fourth-order valence-corrected chi connectivity index (χ4v) is 28.2. The lowest BCUT2D eigenvalue weighted by Crippen LogP contribution is -1.97. The zero-order valence-corrected chi connectivity index (χ0v) is 80.4. The summed E-state index contributed by atoms with van der Waals surface area (Å²) in [5.74, 6) is 0. The first-order valence-electron chi connectivity index (χ1n) is 49.5. The van der Waals surface area contributed by atoms with Crippen molar-refractivity contribution in [2.24, 2.45) is 0 Å². The minimum absolute atomic E-state index is 1.17. The standard InChI is InChI=1S/2C48H29NS.C42H25NS/c1-3-15-30(16-4-1)32-27-33(31-17-5-2-6-18-31)29-34(28-32)49-41-25-13-11-23-39(41)45-43-37-21-9-7-19-35(37)36-20-8-10-22-38(36)44(43)46-40-24-12-14-26-42(40)50-48(46)47(45)49;1-2-12-30(13-3-1)31-22-24-32(25-23-31)33-26-28-34(29-27-33)49-41-20-10-8-18-39(41)45-43-37-16-6-4-14-35(37)36-15-5-7-17-38(36)44(43)46-40-19-9-11-21-42(40)50-48(46)47(45)49;1-2-14-26(15-3-1)27-16-8-11-23-34(27)43-35-24-12-9-21-32(35)39-37-30-19-6-4-17-28(30)29-18-5-7-20-31(29)38(37)40-33-22-10-13-25-36(33)44-42(40)41(39)43/h2*1-29H;1-25H. The minimum atomic E-state index is 1.17. The van der Waals surface area contributed by atoms with Gasteiger partial charge in [0.15, 0.2) is 0 Å². The molecule has 668 valence electrons. The molecule has 0 unspecified atom stereocenters. The van der Waals surface area contributed by atoms with Crippen molar-refractivity contribution >= 4 is 257 Å². The molecule has 0 bridgehead atoms. The van der Waals surface area contributed by atoms with Crippen LogP contribution in [0.25, 0.3) is 296 Å². The topological polar surface area (TPSA) is 14.8 Å². The van der Waals surface area contributed by atoms with Crippen LogP contribution >= 0.6 is 34.0 Å². The number of para-hydroxylation sites is 4. The molecule has 0 saturated heterocycles. The zero-order chi connectivity index (χ0) is 94.3. The predicted octanol–water partition coefficient (Wildman–Crippen LogP) is 40.2. The van der Waals surface area contributed by atoms with Crippen molar-refractivity contribution in [3.8, 4) is 72.7 Å². The van der Waals surface area contributed by atoms with Gasteiger partial charge in [0.1, 0.15) is 0 Å². The highest BCUT2D eigenvalue weighted by Crippen LogP contribution is 2.58. The maximum absolute atomic E-state index is 2.56. The molecule has 32 aromatic rings. The van der Waals surface area contributed by atoms with E-state index in [1.807, 2.05) is 34.0 Å². The molecule has 0 amide bonds. The summed E-state index contributed by atoms with van der Waals surface area (Å²) in [6, 6.07) is 185. The second-order valence-electron chi connectivity index (χ2n) is 38.0. The van der Waals surface area contributed by atoms with Crippen LogP contribution in [0.1, 0.15) is 0 Å². The number of hydrogen-bond acceptors (Lipinski definition) is 3. The van der Waals surface area contributed by atoms with Crippen molar-refractivity contribution in [2.75, 3.05) is 0 Å². The lowest BCUT2D eigenvalue weighted by Gasteiger charge is -2.16. The van der Waals surface area contributed by atoms with Gasteiger partial charge < -0.3 is 13.7 Å². The van der Waals surface area contributed by atoms with Crippen molar-refractivity contribution in [3.63, 3.8) is 0 Å². The lowest BCUT2D eigenvalue weighted by atomic mass is 9.89. The Balaban J connectivity index is 0.000000101. The third-order valence-corrected chi connectivity index (χ3v) is 34.0. The summed E-state index contributed by atoms with van der Waals surface area (Å²) in [7, 11) is 0. The quantitative estimate of drug-likeness (QED) is 0.135. The monoisotopic (exact) mass is 1880 g/mol.